The topological polar surface area (TPSA) is 159 Å². The van der Waals surface area contributed by atoms with Gasteiger partial charge in [0, 0.05) is 47.3 Å². The number of unbranched alkanes of at least 4 members (excludes halogenated alkanes) is 2. The number of thiophene rings is 1. The number of rotatable bonds is 10. The molecule has 6 atom stereocenters. The third-order valence-corrected chi connectivity index (χ3v) is 13.9. The number of hydrogen-bond donors (Lipinski definition) is 2. The van der Waals surface area contributed by atoms with Gasteiger partial charge in [-0.15, -0.1) is 11.3 Å². The standard InChI is InChI=1S/C41H41ClN4O8S/c1-20-25-17-21(42)12-15-30(25)55-36(20)28-19-31(44(3)43-28)46-38(51)27-18-26-22(34(41(27,2)40(46)53)24-9-8-10-29(54-4)35(24)49)13-14-23-33(26)39(52)45(37(23)50)16-7-5-6-11-32(47)48/h8-10,12-13,15,17,19,23,26-27,33-34,49H,5-7,11,14,16,18H2,1-4H3,(H,47,48). The van der Waals surface area contributed by atoms with Crippen molar-refractivity contribution in [1.29, 1.82) is 0 Å². The van der Waals surface area contributed by atoms with Crippen molar-refractivity contribution in [3.63, 3.8) is 0 Å². The number of anilines is 1. The molecule has 2 aliphatic heterocycles. The molecule has 8 rings (SSSR count). The van der Waals surface area contributed by atoms with Crippen molar-refractivity contribution in [2.45, 2.75) is 58.3 Å². The summed E-state index contributed by atoms with van der Waals surface area (Å²) in [6.07, 6.45) is 3.89. The molecule has 0 spiro atoms. The van der Waals surface area contributed by atoms with Crippen LogP contribution in [0.15, 0.2) is 54.1 Å². The van der Waals surface area contributed by atoms with E-state index in [1.54, 1.807) is 49.6 Å². The van der Waals surface area contributed by atoms with E-state index in [1.165, 1.54) is 21.6 Å². The molecule has 55 heavy (non-hydrogen) atoms. The molecule has 0 bridgehead atoms. The maximum atomic E-state index is 15.1. The molecule has 286 valence electrons. The molecule has 4 aliphatic rings. The Morgan fingerprint density at radius 3 is 2.58 bits per heavy atom. The van der Waals surface area contributed by atoms with Crippen LogP contribution in [0, 0.1) is 36.0 Å². The fourth-order valence-electron chi connectivity index (χ4n) is 9.74. The summed E-state index contributed by atoms with van der Waals surface area (Å²) in [5.41, 5.74) is 1.37. The highest BCUT2D eigenvalue weighted by Crippen LogP contribution is 2.65. The van der Waals surface area contributed by atoms with Crippen LogP contribution in [0.1, 0.15) is 62.5 Å². The van der Waals surface area contributed by atoms with Crippen LogP contribution in [0.2, 0.25) is 5.02 Å². The van der Waals surface area contributed by atoms with E-state index in [4.69, 9.17) is 26.5 Å². The second-order valence-corrected chi connectivity index (χ2v) is 16.8. The predicted molar refractivity (Wildman–Crippen MR) is 206 cm³/mol. The van der Waals surface area contributed by atoms with E-state index in [9.17, 15) is 24.3 Å². The normalized spacial score (nSPS) is 26.1. The molecule has 2 saturated heterocycles. The first kappa shape index (κ1) is 36.9. The monoisotopic (exact) mass is 784 g/mol. The van der Waals surface area contributed by atoms with Gasteiger partial charge in [0.1, 0.15) is 11.5 Å². The quantitative estimate of drug-likeness (QED) is 0.0996. The van der Waals surface area contributed by atoms with E-state index in [1.807, 2.05) is 31.2 Å². The lowest BCUT2D eigenvalue weighted by Gasteiger charge is -2.49. The Labute approximate surface area is 326 Å². The first-order valence-electron chi connectivity index (χ1n) is 18.5. The number of hydrogen-bond acceptors (Lipinski definition) is 9. The summed E-state index contributed by atoms with van der Waals surface area (Å²) in [4.78, 5) is 72.3. The van der Waals surface area contributed by atoms with Crippen molar-refractivity contribution in [1.82, 2.24) is 14.7 Å². The number of phenolic OH excluding ortho intramolecular Hbond substituents is 1. The fourth-order valence-corrected chi connectivity index (χ4v) is 11.1. The molecule has 2 aromatic carbocycles. The number of ether oxygens (including phenoxy) is 1. The average molecular weight is 785 g/mol. The SMILES string of the molecule is COc1cccc(C2C3=CCC4C(=O)N(CCCCCC(=O)O)C(=O)C4C3CC3C(=O)N(c4cc(-c5sc6ccc(Cl)cc6c5C)nn4C)C(=O)C32C)c1O. The second-order valence-electron chi connectivity index (χ2n) is 15.3. The Hall–Kier alpha value is -5.01. The Bertz CT molecular complexity index is 2350. The molecule has 3 fully saturated rings. The van der Waals surface area contributed by atoms with Gasteiger partial charge in [0.05, 0.1) is 35.2 Å². The number of para-hydroxylation sites is 1. The van der Waals surface area contributed by atoms with Gasteiger partial charge in [-0.1, -0.05) is 41.8 Å². The summed E-state index contributed by atoms with van der Waals surface area (Å²) >= 11 is 7.86. The van der Waals surface area contributed by atoms with Crippen LogP contribution in [0.25, 0.3) is 20.7 Å². The van der Waals surface area contributed by atoms with Crippen LogP contribution < -0.4 is 9.64 Å². The molecule has 1 saturated carbocycles. The first-order valence-corrected chi connectivity index (χ1v) is 19.7. The Kier molecular flexibility index (Phi) is 9.15. The van der Waals surface area contributed by atoms with E-state index >= 15 is 4.79 Å². The van der Waals surface area contributed by atoms with E-state index in [0.29, 0.717) is 41.4 Å². The number of imide groups is 2. The van der Waals surface area contributed by atoms with Crippen LogP contribution >= 0.6 is 22.9 Å². The van der Waals surface area contributed by atoms with Gasteiger partial charge in [-0.2, -0.15) is 5.10 Å². The zero-order valence-electron chi connectivity index (χ0n) is 30.9. The minimum atomic E-state index is -1.37. The van der Waals surface area contributed by atoms with Crippen LogP contribution in [0.5, 0.6) is 11.5 Å². The Morgan fingerprint density at radius 2 is 1.84 bits per heavy atom. The van der Waals surface area contributed by atoms with Crippen molar-refractivity contribution < 1.29 is 38.9 Å². The second kappa shape index (κ2) is 13.6. The summed E-state index contributed by atoms with van der Waals surface area (Å²) in [6.45, 7) is 3.95. The number of methoxy groups -OCH3 is 1. The number of aryl methyl sites for hydroxylation is 2. The lowest BCUT2D eigenvalue weighted by molar-refractivity contribution is -0.141. The molecule has 12 nitrogen and oxygen atoms in total. The smallest absolute Gasteiger partial charge is 0.303 e. The summed E-state index contributed by atoms with van der Waals surface area (Å²) in [6, 6.07) is 12.5. The van der Waals surface area contributed by atoms with Crippen molar-refractivity contribution >= 4 is 68.4 Å². The number of aromatic nitrogens is 2. The maximum absolute atomic E-state index is 15.1. The molecular weight excluding hydrogens is 744 g/mol. The van der Waals surface area contributed by atoms with Crippen LogP contribution in [-0.2, 0) is 31.0 Å². The number of fused-ring (bicyclic) bond motifs is 5. The molecule has 4 heterocycles. The van der Waals surface area contributed by atoms with Crippen LogP contribution in [0.4, 0.5) is 5.82 Å². The van der Waals surface area contributed by atoms with Crippen molar-refractivity contribution in [2.24, 2.45) is 36.1 Å². The van der Waals surface area contributed by atoms with Crippen LogP contribution in [-0.4, -0.2) is 68.1 Å². The number of phenols is 1. The molecule has 0 radical (unpaired) electrons. The van der Waals surface area contributed by atoms with Crippen molar-refractivity contribution in [3.05, 3.63) is 70.3 Å². The minimum Gasteiger partial charge on any atom is -0.504 e. The number of nitrogens with zero attached hydrogens (tertiary/aromatic N) is 4. The number of carbonyl (C=O) groups is 5. The van der Waals surface area contributed by atoms with Gasteiger partial charge in [-0.25, -0.2) is 4.90 Å². The Morgan fingerprint density at radius 1 is 1.05 bits per heavy atom. The van der Waals surface area contributed by atoms with Gasteiger partial charge in [-0.05, 0) is 80.7 Å². The summed E-state index contributed by atoms with van der Waals surface area (Å²) in [5.74, 6) is -5.60. The van der Waals surface area contributed by atoms with Gasteiger partial charge in [0.2, 0.25) is 23.6 Å². The number of allylic oxidation sites excluding steroid dienone is 2. The number of likely N-dealkylation sites (tertiary alicyclic amines) is 1. The number of aromatic hydroxyl groups is 1. The number of carboxylic acid groups (broad SMARTS) is 1. The lowest BCUT2D eigenvalue weighted by atomic mass is 9.51. The number of carbonyl (C=O) groups excluding carboxylic acids is 4. The number of benzene rings is 2. The van der Waals surface area contributed by atoms with Crippen molar-refractivity contribution in [2.75, 3.05) is 18.6 Å². The lowest BCUT2D eigenvalue weighted by Crippen LogP contribution is -2.49. The molecule has 4 amide bonds. The van der Waals surface area contributed by atoms with Gasteiger partial charge >= 0.3 is 5.97 Å². The van der Waals surface area contributed by atoms with Gasteiger partial charge in [0.25, 0.3) is 0 Å². The maximum Gasteiger partial charge on any atom is 0.303 e. The first-order chi connectivity index (χ1) is 26.3. The number of carboxylic acids is 1. The highest BCUT2D eigenvalue weighted by molar-refractivity contribution is 7.22. The third-order valence-electron chi connectivity index (χ3n) is 12.4. The Balaban J connectivity index is 1.19. The average Bonchev–Trinajstić information content (AvgIpc) is 3.82. The van der Waals surface area contributed by atoms with Crippen molar-refractivity contribution in [3.8, 4) is 22.1 Å². The summed E-state index contributed by atoms with van der Waals surface area (Å²) < 4.78 is 8.06. The number of aliphatic carboxylic acids is 1. The molecule has 4 aromatic rings. The van der Waals surface area contributed by atoms with E-state index in [2.05, 4.69) is 0 Å². The minimum absolute atomic E-state index is 0.0190. The highest BCUT2D eigenvalue weighted by Gasteiger charge is 2.68. The zero-order chi connectivity index (χ0) is 39.1. The number of amides is 4. The summed E-state index contributed by atoms with van der Waals surface area (Å²) in [5, 5.41) is 27.0. The molecule has 6 unspecified atom stereocenters. The van der Waals surface area contributed by atoms with Gasteiger partial charge in [0.15, 0.2) is 11.5 Å². The zero-order valence-corrected chi connectivity index (χ0v) is 32.4. The molecule has 14 heteroatoms. The molecule has 2 aliphatic carbocycles. The predicted octanol–water partition coefficient (Wildman–Crippen LogP) is 6.85. The molecule has 2 N–H and O–H groups in total. The van der Waals surface area contributed by atoms with E-state index in [0.717, 1.165) is 26.1 Å². The van der Waals surface area contributed by atoms with E-state index in [-0.39, 0.29) is 49.1 Å². The summed E-state index contributed by atoms with van der Waals surface area (Å²) in [7, 11) is 3.13. The third kappa shape index (κ3) is 5.60. The highest BCUT2D eigenvalue weighted by atomic mass is 35.5. The number of halogens is 1. The van der Waals surface area contributed by atoms with Gasteiger partial charge in [-0.3, -0.25) is 33.6 Å². The largest absolute Gasteiger partial charge is 0.504 e. The molecular formula is C41H41ClN4O8S. The van der Waals surface area contributed by atoms with E-state index < -0.39 is 52.8 Å². The fraction of sp³-hybridized carbons (Fsp3) is 0.415. The van der Waals surface area contributed by atoms with Crippen LogP contribution in [0.3, 0.4) is 0 Å². The van der Waals surface area contributed by atoms with Gasteiger partial charge < -0.3 is 14.9 Å². The molecule has 2 aromatic heterocycles.